The molecular formula is C28H29ClN4O2. The van der Waals surface area contributed by atoms with E-state index in [4.69, 9.17) is 21.3 Å². The van der Waals surface area contributed by atoms with Gasteiger partial charge >= 0.3 is 0 Å². The van der Waals surface area contributed by atoms with Crippen molar-refractivity contribution in [3.05, 3.63) is 98.4 Å². The molecule has 35 heavy (non-hydrogen) atoms. The van der Waals surface area contributed by atoms with Crippen LogP contribution in [0.2, 0.25) is 5.02 Å². The highest BCUT2D eigenvalue weighted by molar-refractivity contribution is 6.31. The molecule has 0 unspecified atom stereocenters. The Morgan fingerprint density at radius 3 is 2.51 bits per heavy atom. The van der Waals surface area contributed by atoms with Crippen molar-refractivity contribution in [3.63, 3.8) is 0 Å². The zero-order valence-corrected chi connectivity index (χ0v) is 21.6. The number of pyridine rings is 2. The molecule has 6 nitrogen and oxygen atoms in total. The number of rotatable bonds is 5. The number of hydrogen-bond acceptors (Lipinski definition) is 5. The van der Waals surface area contributed by atoms with Gasteiger partial charge in [-0.15, -0.1) is 0 Å². The van der Waals surface area contributed by atoms with Crippen LogP contribution in [0.3, 0.4) is 0 Å². The van der Waals surface area contributed by atoms with Crippen LogP contribution < -0.4 is 10.3 Å². The maximum absolute atomic E-state index is 13.3. The Hall–Kier alpha value is -3.51. The number of ether oxygens (including phenoxy) is 1. The quantitative estimate of drug-likeness (QED) is 0.337. The first-order chi connectivity index (χ1) is 16.5. The van der Waals surface area contributed by atoms with Gasteiger partial charge in [0.1, 0.15) is 23.2 Å². The first-order valence-electron chi connectivity index (χ1n) is 11.5. The first kappa shape index (κ1) is 24.6. The van der Waals surface area contributed by atoms with E-state index < -0.39 is 0 Å². The zero-order valence-electron chi connectivity index (χ0n) is 20.9. The molecule has 0 amide bonds. The number of benzene rings is 1. The van der Waals surface area contributed by atoms with E-state index in [1.54, 1.807) is 22.9 Å². The fourth-order valence-electron chi connectivity index (χ4n) is 3.82. The fourth-order valence-corrected chi connectivity index (χ4v) is 4.01. The standard InChI is InChI=1S/C28H29ClN4O2/c1-17-8-7-9-20(12-17)16-35-23-13-19(3)33(26(34)24(23)29)21-10-11-30-22(14-21)25-18(2)15-31-27(32-25)28(4,5)6/h7-15H,16H2,1-6H3. The van der Waals surface area contributed by atoms with Crippen molar-refractivity contribution >= 4 is 11.6 Å². The Balaban J connectivity index is 1.71. The van der Waals surface area contributed by atoms with Crippen LogP contribution in [0.5, 0.6) is 5.75 Å². The van der Waals surface area contributed by atoms with Crippen molar-refractivity contribution in [2.24, 2.45) is 0 Å². The largest absolute Gasteiger partial charge is 0.487 e. The third-order valence-corrected chi connectivity index (χ3v) is 6.01. The Labute approximate surface area is 210 Å². The molecule has 0 spiro atoms. The zero-order chi connectivity index (χ0) is 25.3. The topological polar surface area (TPSA) is 69.9 Å². The molecule has 180 valence electrons. The van der Waals surface area contributed by atoms with Gasteiger partial charge in [-0.3, -0.25) is 14.3 Å². The van der Waals surface area contributed by atoms with Crippen LogP contribution in [-0.2, 0) is 12.0 Å². The lowest BCUT2D eigenvalue weighted by Gasteiger charge is -2.18. The Morgan fingerprint density at radius 1 is 1.03 bits per heavy atom. The summed E-state index contributed by atoms with van der Waals surface area (Å²) in [5, 5.41) is 0.0369. The summed E-state index contributed by atoms with van der Waals surface area (Å²) in [6.45, 7) is 12.4. The molecule has 0 fully saturated rings. The van der Waals surface area contributed by atoms with Gasteiger partial charge in [0.25, 0.3) is 5.56 Å². The van der Waals surface area contributed by atoms with Crippen molar-refractivity contribution in [2.45, 2.75) is 53.6 Å². The van der Waals surface area contributed by atoms with Gasteiger partial charge in [-0.1, -0.05) is 62.2 Å². The lowest BCUT2D eigenvalue weighted by Crippen LogP contribution is -2.22. The summed E-state index contributed by atoms with van der Waals surface area (Å²) in [6, 6.07) is 13.4. The summed E-state index contributed by atoms with van der Waals surface area (Å²) in [4.78, 5) is 27.1. The molecule has 0 atom stereocenters. The van der Waals surface area contributed by atoms with Crippen molar-refractivity contribution in [3.8, 4) is 22.8 Å². The predicted molar refractivity (Wildman–Crippen MR) is 140 cm³/mol. The maximum atomic E-state index is 13.3. The number of aromatic nitrogens is 4. The molecule has 0 aliphatic heterocycles. The molecule has 1 aromatic carbocycles. The molecule has 0 aliphatic rings. The number of aryl methyl sites for hydroxylation is 3. The van der Waals surface area contributed by atoms with E-state index >= 15 is 0 Å². The third-order valence-electron chi connectivity index (χ3n) is 5.66. The molecule has 3 aromatic heterocycles. The molecule has 7 heteroatoms. The van der Waals surface area contributed by atoms with E-state index in [1.165, 1.54) is 0 Å². The lowest BCUT2D eigenvalue weighted by molar-refractivity contribution is 0.305. The van der Waals surface area contributed by atoms with Crippen LogP contribution in [0.25, 0.3) is 17.1 Å². The summed E-state index contributed by atoms with van der Waals surface area (Å²) < 4.78 is 7.47. The highest BCUT2D eigenvalue weighted by Gasteiger charge is 2.20. The maximum Gasteiger partial charge on any atom is 0.277 e. The second-order valence-electron chi connectivity index (χ2n) is 9.76. The smallest absolute Gasteiger partial charge is 0.277 e. The SMILES string of the molecule is Cc1cccc(COc2cc(C)n(-c3ccnc(-c4nc(C(C)(C)C)ncc4C)c3)c(=O)c2Cl)c1. The van der Waals surface area contributed by atoms with Gasteiger partial charge in [0.2, 0.25) is 0 Å². The highest BCUT2D eigenvalue weighted by atomic mass is 35.5. The van der Waals surface area contributed by atoms with Crippen LogP contribution in [-0.4, -0.2) is 19.5 Å². The van der Waals surface area contributed by atoms with Gasteiger partial charge in [-0.2, -0.15) is 0 Å². The minimum absolute atomic E-state index is 0.0369. The van der Waals surface area contributed by atoms with Gasteiger partial charge in [0, 0.05) is 29.6 Å². The number of nitrogens with zero attached hydrogens (tertiary/aromatic N) is 4. The van der Waals surface area contributed by atoms with Gasteiger partial charge < -0.3 is 4.74 Å². The second-order valence-corrected chi connectivity index (χ2v) is 10.1. The average molecular weight is 489 g/mol. The van der Waals surface area contributed by atoms with E-state index in [0.717, 1.165) is 28.2 Å². The minimum atomic E-state index is -0.349. The molecule has 4 aromatic rings. The molecule has 3 heterocycles. The molecular weight excluding hydrogens is 460 g/mol. The summed E-state index contributed by atoms with van der Waals surface area (Å²) in [5.74, 6) is 1.10. The van der Waals surface area contributed by atoms with Crippen LogP contribution in [0.15, 0.2) is 59.7 Å². The van der Waals surface area contributed by atoms with Crippen molar-refractivity contribution < 1.29 is 4.74 Å². The highest BCUT2D eigenvalue weighted by Crippen LogP contribution is 2.27. The molecule has 4 rings (SSSR count). The average Bonchev–Trinajstić information content (AvgIpc) is 2.80. The normalized spacial score (nSPS) is 11.5. The lowest BCUT2D eigenvalue weighted by atomic mass is 9.95. The van der Waals surface area contributed by atoms with E-state index in [0.29, 0.717) is 29.4 Å². The van der Waals surface area contributed by atoms with Crippen LogP contribution in [0.1, 0.15) is 49.0 Å². The Kier molecular flexibility index (Phi) is 6.77. The van der Waals surface area contributed by atoms with Crippen LogP contribution in [0, 0.1) is 20.8 Å². The van der Waals surface area contributed by atoms with Gasteiger partial charge in [0.15, 0.2) is 0 Å². The molecule has 0 N–H and O–H groups in total. The van der Waals surface area contributed by atoms with Gasteiger partial charge in [-0.25, -0.2) is 9.97 Å². The summed E-state index contributed by atoms with van der Waals surface area (Å²) >= 11 is 6.48. The molecule has 0 saturated carbocycles. The Morgan fingerprint density at radius 2 is 1.80 bits per heavy atom. The van der Waals surface area contributed by atoms with Crippen molar-refractivity contribution in [1.29, 1.82) is 0 Å². The summed E-state index contributed by atoms with van der Waals surface area (Å²) in [7, 11) is 0. The van der Waals surface area contributed by atoms with Crippen LogP contribution >= 0.6 is 11.6 Å². The van der Waals surface area contributed by atoms with E-state index in [1.807, 2.05) is 57.3 Å². The van der Waals surface area contributed by atoms with Crippen molar-refractivity contribution in [1.82, 2.24) is 19.5 Å². The molecule has 0 aliphatic carbocycles. The molecule has 0 bridgehead atoms. The van der Waals surface area contributed by atoms with E-state index in [-0.39, 0.29) is 16.0 Å². The number of hydrogen-bond donors (Lipinski definition) is 0. The molecule has 0 radical (unpaired) electrons. The Bertz CT molecular complexity index is 1450. The number of halogens is 1. The minimum Gasteiger partial charge on any atom is -0.487 e. The third kappa shape index (κ3) is 5.28. The van der Waals surface area contributed by atoms with E-state index in [9.17, 15) is 4.79 Å². The second kappa shape index (κ2) is 9.62. The summed E-state index contributed by atoms with van der Waals surface area (Å²) in [5.41, 5.74) is 5.27. The fraction of sp³-hybridized carbons (Fsp3) is 0.286. The van der Waals surface area contributed by atoms with Gasteiger partial charge in [0.05, 0.1) is 17.1 Å². The summed E-state index contributed by atoms with van der Waals surface area (Å²) in [6.07, 6.45) is 3.48. The first-order valence-corrected chi connectivity index (χ1v) is 11.8. The van der Waals surface area contributed by atoms with Gasteiger partial charge in [-0.05, 0) is 44.0 Å². The molecule has 0 saturated heterocycles. The monoisotopic (exact) mass is 488 g/mol. The predicted octanol–water partition coefficient (Wildman–Crippen LogP) is 6.14. The van der Waals surface area contributed by atoms with E-state index in [2.05, 4.69) is 30.7 Å². The van der Waals surface area contributed by atoms with Crippen LogP contribution in [0.4, 0.5) is 0 Å². The van der Waals surface area contributed by atoms with Crippen molar-refractivity contribution in [2.75, 3.05) is 0 Å².